The first-order chi connectivity index (χ1) is 15.9. The van der Waals surface area contributed by atoms with Gasteiger partial charge in [0.05, 0.1) is 12.5 Å². The van der Waals surface area contributed by atoms with Crippen LogP contribution in [0.15, 0.2) is 78.9 Å². The van der Waals surface area contributed by atoms with E-state index in [0.29, 0.717) is 11.3 Å². The van der Waals surface area contributed by atoms with Crippen LogP contribution in [0, 0.1) is 23.7 Å². The Bertz CT molecular complexity index is 1110. The minimum atomic E-state index is -3.22. The van der Waals surface area contributed by atoms with Gasteiger partial charge in [0.25, 0.3) is 0 Å². The number of ether oxygens (including phenoxy) is 3. The fraction of sp³-hybridized carbons (Fsp3) is 0.192. The summed E-state index contributed by atoms with van der Waals surface area (Å²) in [4.78, 5) is 13.4. The highest BCUT2D eigenvalue weighted by Gasteiger charge is 2.49. The molecule has 0 amide bonds. The number of hydrogen-bond donors (Lipinski definition) is 0. The fourth-order valence-corrected chi connectivity index (χ4v) is 3.41. The lowest BCUT2D eigenvalue weighted by atomic mass is 9.83. The third-order valence-corrected chi connectivity index (χ3v) is 4.97. The molecule has 3 aromatic carbocycles. The van der Waals surface area contributed by atoms with Gasteiger partial charge >= 0.3 is 12.6 Å². The van der Waals surface area contributed by atoms with Crippen LogP contribution in [0.25, 0.3) is 0 Å². The average Bonchev–Trinajstić information content (AvgIpc) is 2.80. The van der Waals surface area contributed by atoms with Gasteiger partial charge in [-0.2, -0.15) is 14.0 Å². The summed E-state index contributed by atoms with van der Waals surface area (Å²) in [7, 11) is 0. The summed E-state index contributed by atoms with van der Waals surface area (Å²) < 4.78 is 43.4. The van der Waals surface area contributed by atoms with Crippen molar-refractivity contribution in [3.63, 3.8) is 0 Å². The molecule has 0 heterocycles. The molecule has 1 radical (unpaired) electrons. The van der Waals surface area contributed by atoms with E-state index in [0.717, 1.165) is 0 Å². The first-order valence-electron chi connectivity index (χ1n) is 10.2. The van der Waals surface area contributed by atoms with Crippen molar-refractivity contribution in [2.45, 2.75) is 26.1 Å². The lowest BCUT2D eigenvalue weighted by molar-refractivity contribution is -0.235. The Kier molecular flexibility index (Phi) is 7.75. The standard InChI is InChI=1S/C26H22F2NO4/c1-18(2)26(33-25(27)28,20-9-5-3-6-10-20)24(30)32-22-14-13-19(15-16-29)17-23(22)31-21-11-7-4-8-12-21/h3-15,17-18,25H,1-2H3. The van der Waals surface area contributed by atoms with Gasteiger partial charge in [0.1, 0.15) is 5.75 Å². The second kappa shape index (κ2) is 10.7. The van der Waals surface area contributed by atoms with Crippen LogP contribution in [0.5, 0.6) is 17.2 Å². The summed E-state index contributed by atoms with van der Waals surface area (Å²) >= 11 is 0. The minimum absolute atomic E-state index is 0.00207. The third kappa shape index (κ3) is 5.54. The van der Waals surface area contributed by atoms with Gasteiger partial charge in [-0.15, -0.1) is 0 Å². The molecular weight excluding hydrogens is 428 g/mol. The monoisotopic (exact) mass is 450 g/mol. The van der Waals surface area contributed by atoms with Crippen LogP contribution in [0.4, 0.5) is 8.78 Å². The van der Waals surface area contributed by atoms with Crippen molar-refractivity contribution in [1.82, 2.24) is 0 Å². The van der Waals surface area contributed by atoms with Gasteiger partial charge in [-0.05, 0) is 41.3 Å². The lowest BCUT2D eigenvalue weighted by Crippen LogP contribution is -2.47. The average molecular weight is 450 g/mol. The molecule has 1 unspecified atom stereocenters. The predicted octanol–water partition coefficient (Wildman–Crippen LogP) is 6.25. The van der Waals surface area contributed by atoms with Gasteiger partial charge in [-0.1, -0.05) is 68.4 Å². The summed E-state index contributed by atoms with van der Waals surface area (Å²) in [5.74, 6) is -1.10. The number of nitrogens with zero attached hydrogens (tertiary/aromatic N) is 1. The molecule has 0 saturated heterocycles. The van der Waals surface area contributed by atoms with Crippen molar-refractivity contribution in [3.05, 3.63) is 96.4 Å². The molecule has 5 nitrogen and oxygen atoms in total. The first-order valence-corrected chi connectivity index (χ1v) is 10.2. The number of carbonyl (C=O) groups is 1. The first kappa shape index (κ1) is 23.9. The largest absolute Gasteiger partial charge is 0.453 e. The van der Waals surface area contributed by atoms with Gasteiger partial charge in [0.2, 0.25) is 0 Å². The van der Waals surface area contributed by atoms with E-state index in [9.17, 15) is 13.6 Å². The van der Waals surface area contributed by atoms with Crippen LogP contribution in [0.1, 0.15) is 25.0 Å². The van der Waals surface area contributed by atoms with Crippen molar-refractivity contribution >= 4 is 5.97 Å². The maximum Gasteiger partial charge on any atom is 0.349 e. The van der Waals surface area contributed by atoms with E-state index in [1.165, 1.54) is 30.7 Å². The van der Waals surface area contributed by atoms with Crippen molar-refractivity contribution in [3.8, 4) is 23.3 Å². The molecule has 0 fully saturated rings. The van der Waals surface area contributed by atoms with Gasteiger partial charge in [-0.3, -0.25) is 4.74 Å². The smallest absolute Gasteiger partial charge is 0.349 e. The minimum Gasteiger partial charge on any atom is -0.453 e. The normalized spacial score (nSPS) is 12.8. The van der Waals surface area contributed by atoms with E-state index >= 15 is 0 Å². The predicted molar refractivity (Wildman–Crippen MR) is 118 cm³/mol. The molecule has 33 heavy (non-hydrogen) atoms. The van der Waals surface area contributed by atoms with E-state index in [1.54, 1.807) is 62.4 Å². The number of esters is 1. The zero-order valence-electron chi connectivity index (χ0n) is 18.1. The van der Waals surface area contributed by atoms with Crippen molar-refractivity contribution in [2.24, 2.45) is 5.92 Å². The number of nitriles is 1. The Morgan fingerprint density at radius 3 is 2.18 bits per heavy atom. The molecule has 7 heteroatoms. The number of hydrogen-bond acceptors (Lipinski definition) is 5. The van der Waals surface area contributed by atoms with Crippen LogP contribution in [0.3, 0.4) is 0 Å². The lowest BCUT2D eigenvalue weighted by Gasteiger charge is -2.35. The van der Waals surface area contributed by atoms with Crippen LogP contribution in [-0.2, 0) is 15.1 Å². The van der Waals surface area contributed by atoms with Gasteiger partial charge < -0.3 is 9.47 Å². The summed E-state index contributed by atoms with van der Waals surface area (Å²) in [6.07, 6.45) is 1.30. The highest BCUT2D eigenvalue weighted by molar-refractivity contribution is 5.84. The van der Waals surface area contributed by atoms with Crippen molar-refractivity contribution in [2.75, 3.05) is 0 Å². The van der Waals surface area contributed by atoms with Crippen LogP contribution < -0.4 is 9.47 Å². The second-order valence-electron chi connectivity index (χ2n) is 7.42. The van der Waals surface area contributed by atoms with Crippen LogP contribution in [0.2, 0.25) is 0 Å². The second-order valence-corrected chi connectivity index (χ2v) is 7.42. The SMILES string of the molecule is CC(C)C(OC(F)F)(C(=O)Oc1ccc([CH]C#N)cc1Oc1ccccc1)c1ccccc1. The molecular formula is C26H22F2NO4. The number of rotatable bonds is 9. The Balaban J connectivity index is 2.03. The molecule has 0 saturated carbocycles. The molecule has 0 aliphatic carbocycles. The van der Waals surface area contributed by atoms with E-state index in [-0.39, 0.29) is 17.1 Å². The van der Waals surface area contributed by atoms with Gasteiger partial charge in [0.15, 0.2) is 17.1 Å². The summed E-state index contributed by atoms with van der Waals surface area (Å²) in [5, 5.41) is 8.97. The highest BCUT2D eigenvalue weighted by atomic mass is 19.3. The maximum atomic E-state index is 13.5. The Labute approximate surface area is 191 Å². The highest BCUT2D eigenvalue weighted by Crippen LogP contribution is 2.40. The van der Waals surface area contributed by atoms with E-state index < -0.39 is 24.1 Å². The molecule has 169 valence electrons. The molecule has 0 bridgehead atoms. The number of alkyl halides is 2. The molecule has 0 N–H and O–H groups in total. The summed E-state index contributed by atoms with van der Waals surface area (Å²) in [6, 6.07) is 23.2. The fourth-order valence-electron chi connectivity index (χ4n) is 3.41. The van der Waals surface area contributed by atoms with E-state index in [2.05, 4.69) is 0 Å². The van der Waals surface area contributed by atoms with Gasteiger partial charge in [-0.25, -0.2) is 4.79 Å². The molecule has 0 spiro atoms. The molecule has 0 aliphatic rings. The van der Waals surface area contributed by atoms with E-state index in [4.69, 9.17) is 19.5 Å². The van der Waals surface area contributed by atoms with Crippen LogP contribution in [-0.4, -0.2) is 12.6 Å². The molecule has 3 rings (SSSR count). The number of carbonyl (C=O) groups excluding carboxylic acids is 1. The quantitative estimate of drug-likeness (QED) is 0.285. The number of benzene rings is 3. The Hall–Kier alpha value is -3.76. The zero-order valence-corrected chi connectivity index (χ0v) is 18.1. The molecule has 1 atom stereocenters. The van der Waals surface area contributed by atoms with Crippen LogP contribution >= 0.6 is 0 Å². The summed E-state index contributed by atoms with van der Waals surface area (Å²) in [5.41, 5.74) is -1.30. The number of halogens is 2. The third-order valence-electron chi connectivity index (χ3n) is 4.97. The molecule has 3 aromatic rings. The zero-order chi connectivity index (χ0) is 23.8. The topological polar surface area (TPSA) is 68.5 Å². The van der Waals surface area contributed by atoms with Gasteiger partial charge in [0, 0.05) is 0 Å². The number of para-hydroxylation sites is 1. The summed E-state index contributed by atoms with van der Waals surface area (Å²) in [6.45, 7) is -0.0146. The van der Waals surface area contributed by atoms with E-state index in [1.807, 2.05) is 12.1 Å². The maximum absolute atomic E-state index is 13.5. The molecule has 0 aliphatic heterocycles. The van der Waals surface area contributed by atoms with Crippen molar-refractivity contribution in [1.29, 1.82) is 5.26 Å². The van der Waals surface area contributed by atoms with Crippen molar-refractivity contribution < 1.29 is 27.8 Å². The Morgan fingerprint density at radius 1 is 0.970 bits per heavy atom. The Morgan fingerprint density at radius 2 is 1.61 bits per heavy atom. The molecule has 0 aromatic heterocycles.